The van der Waals surface area contributed by atoms with Crippen LogP contribution in [0, 0.1) is 5.41 Å². The molecule has 0 unspecified atom stereocenters. The molecule has 2 fully saturated rings. The van der Waals surface area contributed by atoms with Gasteiger partial charge in [0.05, 0.1) is 11.9 Å². The number of aromatic nitrogens is 4. The molecule has 1 saturated heterocycles. The van der Waals surface area contributed by atoms with Crippen molar-refractivity contribution in [1.29, 1.82) is 0 Å². The van der Waals surface area contributed by atoms with Crippen LogP contribution >= 0.6 is 11.8 Å². The molecule has 3 heterocycles. The summed E-state index contributed by atoms with van der Waals surface area (Å²) in [4.78, 5) is 22.3. The second-order valence-corrected chi connectivity index (χ2v) is 10.7. The molecule has 0 spiro atoms. The average Bonchev–Trinajstić information content (AvgIpc) is 3.21. The molecule has 0 bridgehead atoms. The van der Waals surface area contributed by atoms with Gasteiger partial charge in [0, 0.05) is 65.8 Å². The average molecular weight is 532 g/mol. The Morgan fingerprint density at radius 3 is 2.59 bits per heavy atom. The lowest BCUT2D eigenvalue weighted by molar-refractivity contribution is -0.137. The molecule has 1 aliphatic carbocycles. The van der Waals surface area contributed by atoms with E-state index < -0.39 is 11.7 Å². The van der Waals surface area contributed by atoms with Crippen molar-refractivity contribution in [2.45, 2.75) is 38.4 Å². The van der Waals surface area contributed by atoms with Crippen molar-refractivity contribution in [2.24, 2.45) is 11.1 Å². The van der Waals surface area contributed by atoms with Crippen molar-refractivity contribution >= 4 is 35.0 Å². The molecule has 0 atom stereocenters. The number of amides is 1. The van der Waals surface area contributed by atoms with Crippen molar-refractivity contribution in [3.8, 4) is 11.3 Å². The van der Waals surface area contributed by atoms with Gasteiger partial charge in [0.15, 0.2) is 0 Å². The number of alkyl halides is 3. The molecule has 1 aromatic carbocycles. The Morgan fingerprint density at radius 2 is 1.92 bits per heavy atom. The summed E-state index contributed by atoms with van der Waals surface area (Å²) in [6, 6.07) is 7.12. The van der Waals surface area contributed by atoms with E-state index in [2.05, 4.69) is 20.4 Å². The molecular weight excluding hydrogens is 503 g/mol. The molecule has 0 radical (unpaired) electrons. The van der Waals surface area contributed by atoms with E-state index >= 15 is 0 Å². The predicted octanol–water partition coefficient (Wildman–Crippen LogP) is 4.70. The first kappa shape index (κ1) is 25.5. The number of rotatable bonds is 7. The SMILES string of the molecule is NCC1(Cn2cc(-c3nc(Nc4ccc(N5CCSCCC5=O)cc4)ncc3C(F)(F)F)cn2)CCC1. The van der Waals surface area contributed by atoms with Gasteiger partial charge in [-0.15, -0.1) is 0 Å². The minimum absolute atomic E-state index is 0.0307. The molecule has 37 heavy (non-hydrogen) atoms. The first-order chi connectivity index (χ1) is 17.8. The van der Waals surface area contributed by atoms with Gasteiger partial charge < -0.3 is 16.0 Å². The van der Waals surface area contributed by atoms with Crippen LogP contribution in [0.4, 0.5) is 30.5 Å². The molecule has 2 aliphatic rings. The van der Waals surface area contributed by atoms with Gasteiger partial charge in [-0.1, -0.05) is 6.42 Å². The fourth-order valence-electron chi connectivity index (χ4n) is 4.69. The summed E-state index contributed by atoms with van der Waals surface area (Å²) in [6.07, 6.45) is 2.71. The van der Waals surface area contributed by atoms with Gasteiger partial charge >= 0.3 is 6.18 Å². The standard InChI is InChI=1S/C25H28F3N7OS/c26-25(27,28)20-13-30-23(32-18-2-4-19(5-3-18)35-9-11-37-10-6-21(35)36)33-22(20)17-12-31-34(14-17)16-24(15-29)7-1-8-24/h2-5,12-14H,1,6-11,15-16,29H2,(H,30,32,33). The highest BCUT2D eigenvalue weighted by atomic mass is 32.2. The maximum atomic E-state index is 13.8. The van der Waals surface area contributed by atoms with Crippen LogP contribution < -0.4 is 16.0 Å². The zero-order valence-corrected chi connectivity index (χ0v) is 21.0. The van der Waals surface area contributed by atoms with E-state index in [-0.39, 0.29) is 28.5 Å². The third-order valence-corrected chi connectivity index (χ3v) is 7.97. The lowest BCUT2D eigenvalue weighted by Crippen LogP contribution is -2.41. The van der Waals surface area contributed by atoms with Gasteiger partial charge in [-0.25, -0.2) is 9.97 Å². The molecule has 196 valence electrons. The molecule has 12 heteroatoms. The second kappa shape index (κ2) is 10.3. The molecule has 1 saturated carbocycles. The molecule has 8 nitrogen and oxygen atoms in total. The van der Waals surface area contributed by atoms with Crippen LogP contribution in [0.15, 0.2) is 42.9 Å². The minimum atomic E-state index is -4.62. The Bertz CT molecular complexity index is 1250. The van der Waals surface area contributed by atoms with Gasteiger partial charge in [0.1, 0.15) is 5.56 Å². The zero-order chi connectivity index (χ0) is 26.0. The van der Waals surface area contributed by atoms with E-state index in [1.807, 2.05) is 0 Å². The van der Waals surface area contributed by atoms with Crippen LogP contribution in [0.5, 0.6) is 0 Å². The number of nitrogens with zero attached hydrogens (tertiary/aromatic N) is 5. The zero-order valence-electron chi connectivity index (χ0n) is 20.2. The van der Waals surface area contributed by atoms with Crippen LogP contribution in [-0.4, -0.2) is 50.3 Å². The number of thioether (sulfide) groups is 1. The number of carbonyl (C=O) groups is 1. The Balaban J connectivity index is 1.37. The number of anilines is 3. The Morgan fingerprint density at radius 1 is 1.14 bits per heavy atom. The fraction of sp³-hybridized carbons (Fsp3) is 0.440. The smallest absolute Gasteiger partial charge is 0.330 e. The molecule has 1 aliphatic heterocycles. The third kappa shape index (κ3) is 5.59. The van der Waals surface area contributed by atoms with E-state index in [1.165, 1.54) is 6.20 Å². The van der Waals surface area contributed by atoms with Crippen LogP contribution in [0.2, 0.25) is 0 Å². The van der Waals surface area contributed by atoms with E-state index in [9.17, 15) is 18.0 Å². The quantitative estimate of drug-likeness (QED) is 0.456. The van der Waals surface area contributed by atoms with Crippen LogP contribution in [-0.2, 0) is 17.5 Å². The molecule has 1 amide bonds. The summed E-state index contributed by atoms with van der Waals surface area (Å²) in [6.45, 7) is 1.72. The Kier molecular flexibility index (Phi) is 7.13. The van der Waals surface area contributed by atoms with Crippen molar-refractivity contribution in [2.75, 3.05) is 34.8 Å². The van der Waals surface area contributed by atoms with Crippen molar-refractivity contribution < 1.29 is 18.0 Å². The highest BCUT2D eigenvalue weighted by Crippen LogP contribution is 2.42. The van der Waals surface area contributed by atoms with E-state index in [1.54, 1.807) is 51.8 Å². The molecule has 3 aromatic rings. The lowest BCUT2D eigenvalue weighted by atomic mass is 9.69. The summed E-state index contributed by atoms with van der Waals surface area (Å²) < 4.78 is 43.0. The molecule has 2 aromatic heterocycles. The minimum Gasteiger partial charge on any atom is -0.330 e. The Hall–Kier alpha value is -3.12. The number of benzene rings is 1. The van der Waals surface area contributed by atoms with Crippen LogP contribution in [0.1, 0.15) is 31.2 Å². The van der Waals surface area contributed by atoms with Crippen molar-refractivity contribution in [3.63, 3.8) is 0 Å². The number of halogens is 3. The molecular formula is C25H28F3N7OS. The maximum Gasteiger partial charge on any atom is 0.419 e. The highest BCUT2D eigenvalue weighted by molar-refractivity contribution is 7.99. The topological polar surface area (TPSA) is 102 Å². The molecule has 3 N–H and O–H groups in total. The number of nitrogens with two attached hydrogens (primary N) is 1. The maximum absolute atomic E-state index is 13.8. The van der Waals surface area contributed by atoms with E-state index in [0.717, 1.165) is 42.7 Å². The normalized spacial score (nSPS) is 17.8. The number of hydrogen-bond acceptors (Lipinski definition) is 7. The first-order valence-corrected chi connectivity index (χ1v) is 13.3. The summed E-state index contributed by atoms with van der Waals surface area (Å²) in [7, 11) is 0. The lowest BCUT2D eigenvalue weighted by Gasteiger charge is -2.40. The van der Waals surface area contributed by atoms with Crippen LogP contribution in [0.3, 0.4) is 0 Å². The van der Waals surface area contributed by atoms with Crippen LogP contribution in [0.25, 0.3) is 11.3 Å². The number of carbonyl (C=O) groups excluding carboxylic acids is 1. The number of nitrogens with one attached hydrogen (secondary N) is 1. The fourth-order valence-corrected chi connectivity index (χ4v) is 5.53. The second-order valence-electron chi connectivity index (χ2n) is 9.52. The highest BCUT2D eigenvalue weighted by Gasteiger charge is 2.38. The van der Waals surface area contributed by atoms with Gasteiger partial charge in [0.2, 0.25) is 11.9 Å². The van der Waals surface area contributed by atoms with Gasteiger partial charge in [0.25, 0.3) is 0 Å². The van der Waals surface area contributed by atoms with Crippen molar-refractivity contribution in [1.82, 2.24) is 19.7 Å². The Labute approximate surface area is 216 Å². The van der Waals surface area contributed by atoms with Gasteiger partial charge in [-0.05, 0) is 43.7 Å². The number of hydrogen-bond donors (Lipinski definition) is 2. The van der Waals surface area contributed by atoms with E-state index in [0.29, 0.717) is 31.7 Å². The van der Waals surface area contributed by atoms with Crippen molar-refractivity contribution in [3.05, 3.63) is 48.4 Å². The van der Waals surface area contributed by atoms with Gasteiger partial charge in [-0.3, -0.25) is 9.48 Å². The van der Waals surface area contributed by atoms with Gasteiger partial charge in [-0.2, -0.15) is 30.0 Å². The summed E-state index contributed by atoms with van der Waals surface area (Å²) in [5.74, 6) is 1.80. The first-order valence-electron chi connectivity index (χ1n) is 12.2. The predicted molar refractivity (Wildman–Crippen MR) is 138 cm³/mol. The molecule has 5 rings (SSSR count). The summed E-state index contributed by atoms with van der Waals surface area (Å²) >= 11 is 1.75. The monoisotopic (exact) mass is 531 g/mol. The summed E-state index contributed by atoms with van der Waals surface area (Å²) in [5.41, 5.74) is 6.36. The van der Waals surface area contributed by atoms with E-state index in [4.69, 9.17) is 5.73 Å². The third-order valence-electron chi connectivity index (χ3n) is 7.00. The largest absolute Gasteiger partial charge is 0.419 e. The summed E-state index contributed by atoms with van der Waals surface area (Å²) in [5, 5.41) is 7.27.